The lowest BCUT2D eigenvalue weighted by Gasteiger charge is -2.26. The van der Waals surface area contributed by atoms with E-state index in [4.69, 9.17) is 0 Å². The van der Waals surface area contributed by atoms with Crippen molar-refractivity contribution in [3.63, 3.8) is 0 Å². The van der Waals surface area contributed by atoms with E-state index in [1.54, 1.807) is 6.08 Å². The van der Waals surface area contributed by atoms with Gasteiger partial charge in [0.05, 0.1) is 23.2 Å². The summed E-state index contributed by atoms with van der Waals surface area (Å²) >= 11 is 0. The van der Waals surface area contributed by atoms with Crippen LogP contribution in [0.3, 0.4) is 0 Å². The summed E-state index contributed by atoms with van der Waals surface area (Å²) in [6, 6.07) is 1.45. The van der Waals surface area contributed by atoms with Crippen molar-refractivity contribution >= 4 is 28.6 Å². The number of rotatable bonds is 7. The maximum absolute atomic E-state index is 14.1. The summed E-state index contributed by atoms with van der Waals surface area (Å²) in [6.45, 7) is 1.34. The molecule has 3 heterocycles. The Hall–Kier alpha value is -3.57. The molecule has 1 aliphatic heterocycles. The number of alkyl halides is 6. The van der Waals surface area contributed by atoms with E-state index in [9.17, 15) is 35.9 Å². The van der Waals surface area contributed by atoms with Crippen LogP contribution < -0.4 is 10.9 Å². The first-order valence-corrected chi connectivity index (χ1v) is 11.9. The van der Waals surface area contributed by atoms with Crippen molar-refractivity contribution in [1.29, 1.82) is 0 Å². The number of carbonyl (C=O) groups excluding carboxylic acids is 1. The molecule has 12 heteroatoms. The largest absolute Gasteiger partial charge is 0.393 e. The van der Waals surface area contributed by atoms with Crippen LogP contribution in [0.4, 0.5) is 26.3 Å². The van der Waals surface area contributed by atoms with Gasteiger partial charge >= 0.3 is 6.18 Å². The first-order valence-electron chi connectivity index (χ1n) is 11.9. The van der Waals surface area contributed by atoms with Crippen molar-refractivity contribution in [2.45, 2.75) is 57.0 Å². The predicted octanol–water partition coefficient (Wildman–Crippen LogP) is 5.16. The molecule has 38 heavy (non-hydrogen) atoms. The van der Waals surface area contributed by atoms with Gasteiger partial charge in [-0.25, -0.2) is 13.2 Å². The Labute approximate surface area is 213 Å². The molecule has 4 rings (SSSR count). The minimum absolute atomic E-state index is 0.0451. The summed E-state index contributed by atoms with van der Waals surface area (Å²) in [6.07, 6.45) is -1.89. The lowest BCUT2D eigenvalue weighted by molar-refractivity contribution is -0.127. The standard InChI is InChI=1S/C26H26F6N4O2/c1-25(29)6-3-14(4-7-25)17(11-20(27)28)23(37)35-21-9-15(5-8-33-21)19-10-18-22(34-19)16(12-26(30,31)32)13-36(2)24(18)38/h3-6,8,10,13,17,20-21,34H,7,9,11-12H2,1-2H3,(H,35,37). The van der Waals surface area contributed by atoms with E-state index in [-0.39, 0.29) is 34.9 Å². The number of H-pyrrole nitrogens is 1. The quantitative estimate of drug-likeness (QED) is 0.476. The van der Waals surface area contributed by atoms with Crippen LogP contribution >= 0.6 is 0 Å². The van der Waals surface area contributed by atoms with Gasteiger partial charge in [0, 0.05) is 50.0 Å². The zero-order valence-corrected chi connectivity index (χ0v) is 20.6. The second-order valence-corrected chi connectivity index (χ2v) is 9.75. The number of carbonyl (C=O) groups is 1. The van der Waals surface area contributed by atoms with Gasteiger partial charge in [-0.1, -0.05) is 12.2 Å². The minimum atomic E-state index is -4.48. The van der Waals surface area contributed by atoms with Crippen LogP contribution in [-0.2, 0) is 18.3 Å². The van der Waals surface area contributed by atoms with E-state index in [1.807, 2.05) is 0 Å². The SMILES string of the molecule is Cn1cc(CC(F)(F)F)c2[nH]c(C3=CC=NC(NC(=O)C(CC(F)F)C4=CCC(C)(F)C=C4)C3)cc2c1=O. The number of amides is 1. The molecule has 2 aromatic heterocycles. The molecule has 6 nitrogen and oxygen atoms in total. The van der Waals surface area contributed by atoms with Crippen LogP contribution in [0.15, 0.2) is 51.9 Å². The Balaban J connectivity index is 1.55. The monoisotopic (exact) mass is 540 g/mol. The number of allylic oxidation sites excluding steroid dienone is 4. The van der Waals surface area contributed by atoms with Crippen LogP contribution in [0.2, 0.25) is 0 Å². The molecule has 0 radical (unpaired) electrons. The summed E-state index contributed by atoms with van der Waals surface area (Å²) in [5.41, 5.74) is -0.906. The Morgan fingerprint density at radius 3 is 2.71 bits per heavy atom. The van der Waals surface area contributed by atoms with Gasteiger partial charge in [-0.05, 0) is 36.3 Å². The number of aryl methyl sites for hydroxylation is 1. The molecule has 2 N–H and O–H groups in total. The van der Waals surface area contributed by atoms with Crippen LogP contribution in [-0.4, -0.2) is 46.1 Å². The highest BCUT2D eigenvalue weighted by Crippen LogP contribution is 2.32. The van der Waals surface area contributed by atoms with E-state index >= 15 is 0 Å². The molecule has 3 atom stereocenters. The number of dihydropyridines is 1. The number of aliphatic imine (C=N–C) groups is 1. The second kappa shape index (κ2) is 10.3. The van der Waals surface area contributed by atoms with E-state index in [0.29, 0.717) is 11.3 Å². The fourth-order valence-electron chi connectivity index (χ4n) is 4.62. The average Bonchev–Trinajstić information content (AvgIpc) is 3.27. The fraction of sp³-hybridized carbons (Fsp3) is 0.423. The minimum Gasteiger partial charge on any atom is -0.354 e. The van der Waals surface area contributed by atoms with Gasteiger partial charge in [0.15, 0.2) is 0 Å². The zero-order chi connectivity index (χ0) is 27.8. The molecule has 1 amide bonds. The molecule has 0 saturated heterocycles. The van der Waals surface area contributed by atoms with Crippen LogP contribution in [0.1, 0.15) is 37.4 Å². The third kappa shape index (κ3) is 6.28. The molecule has 0 aromatic carbocycles. The third-order valence-electron chi connectivity index (χ3n) is 6.53. The fourth-order valence-corrected chi connectivity index (χ4v) is 4.62. The summed E-state index contributed by atoms with van der Waals surface area (Å²) in [5.74, 6) is -1.92. The number of hydrogen-bond acceptors (Lipinski definition) is 3. The molecular formula is C26H26F6N4O2. The number of aromatic nitrogens is 2. The maximum atomic E-state index is 14.1. The number of fused-ring (bicyclic) bond motifs is 1. The summed E-state index contributed by atoms with van der Waals surface area (Å²) in [7, 11) is 1.37. The van der Waals surface area contributed by atoms with Crippen LogP contribution in [0, 0.1) is 5.92 Å². The number of halogens is 6. The van der Waals surface area contributed by atoms with Crippen molar-refractivity contribution in [2.75, 3.05) is 0 Å². The number of nitrogens with one attached hydrogen (secondary N) is 2. The van der Waals surface area contributed by atoms with Gasteiger partial charge in [0.2, 0.25) is 12.3 Å². The molecule has 1 aliphatic carbocycles. The highest BCUT2D eigenvalue weighted by Gasteiger charge is 2.32. The molecule has 0 saturated carbocycles. The van der Waals surface area contributed by atoms with Crippen molar-refractivity contribution < 1.29 is 31.1 Å². The zero-order valence-electron chi connectivity index (χ0n) is 20.6. The smallest absolute Gasteiger partial charge is 0.354 e. The molecule has 2 aliphatic rings. The second-order valence-electron chi connectivity index (χ2n) is 9.75. The molecule has 0 bridgehead atoms. The van der Waals surface area contributed by atoms with Gasteiger partial charge in [-0.15, -0.1) is 0 Å². The molecule has 204 valence electrons. The first kappa shape index (κ1) is 27.5. The van der Waals surface area contributed by atoms with Gasteiger partial charge in [-0.3, -0.25) is 14.6 Å². The van der Waals surface area contributed by atoms with E-state index < -0.39 is 54.7 Å². The lowest BCUT2D eigenvalue weighted by atomic mass is 9.86. The topological polar surface area (TPSA) is 79.2 Å². The number of aromatic amines is 1. The Bertz CT molecular complexity index is 1410. The van der Waals surface area contributed by atoms with Gasteiger partial charge in [0.1, 0.15) is 11.8 Å². The normalized spacial score (nSPS) is 22.5. The Kier molecular flexibility index (Phi) is 7.44. The third-order valence-corrected chi connectivity index (χ3v) is 6.53. The Morgan fingerprint density at radius 2 is 2.08 bits per heavy atom. The van der Waals surface area contributed by atoms with Crippen molar-refractivity contribution in [3.05, 3.63) is 63.8 Å². The van der Waals surface area contributed by atoms with Gasteiger partial charge in [0.25, 0.3) is 5.56 Å². The molecule has 2 aromatic rings. The van der Waals surface area contributed by atoms with Crippen molar-refractivity contribution in [1.82, 2.24) is 14.9 Å². The predicted molar refractivity (Wildman–Crippen MR) is 132 cm³/mol. The van der Waals surface area contributed by atoms with Gasteiger partial charge < -0.3 is 14.9 Å². The molecule has 3 unspecified atom stereocenters. The molecule has 0 spiro atoms. The number of hydrogen-bond donors (Lipinski definition) is 2. The van der Waals surface area contributed by atoms with E-state index in [0.717, 1.165) is 10.8 Å². The molecular weight excluding hydrogens is 514 g/mol. The summed E-state index contributed by atoms with van der Waals surface area (Å²) < 4.78 is 81.0. The number of pyridine rings is 1. The van der Waals surface area contributed by atoms with Gasteiger partial charge in [-0.2, -0.15) is 13.2 Å². The summed E-state index contributed by atoms with van der Waals surface area (Å²) in [5, 5.41) is 2.72. The maximum Gasteiger partial charge on any atom is 0.393 e. The Morgan fingerprint density at radius 1 is 1.34 bits per heavy atom. The van der Waals surface area contributed by atoms with Crippen molar-refractivity contribution in [3.8, 4) is 0 Å². The van der Waals surface area contributed by atoms with Crippen LogP contribution in [0.25, 0.3) is 16.5 Å². The van der Waals surface area contributed by atoms with E-state index in [1.165, 1.54) is 44.5 Å². The average molecular weight is 541 g/mol. The summed E-state index contributed by atoms with van der Waals surface area (Å²) in [4.78, 5) is 32.6. The van der Waals surface area contributed by atoms with Crippen LogP contribution in [0.5, 0.6) is 0 Å². The number of nitrogens with zero attached hydrogens (tertiary/aromatic N) is 2. The molecule has 0 fully saturated rings. The lowest BCUT2D eigenvalue weighted by Crippen LogP contribution is -2.40. The van der Waals surface area contributed by atoms with E-state index in [2.05, 4.69) is 15.3 Å². The highest BCUT2D eigenvalue weighted by atomic mass is 19.4. The highest BCUT2D eigenvalue weighted by molar-refractivity contribution is 5.92. The van der Waals surface area contributed by atoms with Crippen molar-refractivity contribution in [2.24, 2.45) is 18.0 Å². The first-order chi connectivity index (χ1) is 17.7.